The lowest BCUT2D eigenvalue weighted by Crippen LogP contribution is -2.48. The topological polar surface area (TPSA) is 49.9 Å². The van der Waals surface area contributed by atoms with E-state index in [9.17, 15) is 17.2 Å². The fourth-order valence-electron chi connectivity index (χ4n) is 4.47. The number of aryl methyl sites for hydroxylation is 1. The first kappa shape index (κ1) is 20.8. The van der Waals surface area contributed by atoms with Crippen LogP contribution < -0.4 is 4.74 Å². The van der Waals surface area contributed by atoms with Gasteiger partial charge in [0.15, 0.2) is 0 Å². The molecule has 0 unspecified atom stereocenters. The summed E-state index contributed by atoms with van der Waals surface area (Å²) in [6.07, 6.45) is 6.25. The Labute approximate surface area is 171 Å². The van der Waals surface area contributed by atoms with Gasteiger partial charge in [-0.05, 0) is 87.5 Å². The first-order valence-corrected chi connectivity index (χ1v) is 11.9. The van der Waals surface area contributed by atoms with Crippen LogP contribution in [0.5, 0.6) is 5.75 Å². The molecule has 0 N–H and O–H groups in total. The van der Waals surface area contributed by atoms with E-state index in [1.54, 1.807) is 22.5 Å². The number of alkyl halides is 2. The SMILES string of the molecule is CCN1CCC(N(C2CC2)S(=O)(=O)C2=Cc3ccc(OC(F)F)cc3CC2)CC1. The second-order valence-electron chi connectivity index (χ2n) is 8.08. The molecule has 0 bridgehead atoms. The molecule has 3 aliphatic rings. The van der Waals surface area contributed by atoms with Crippen LogP contribution in [0.15, 0.2) is 23.1 Å². The van der Waals surface area contributed by atoms with Crippen LogP contribution in [0.4, 0.5) is 8.78 Å². The van der Waals surface area contributed by atoms with Gasteiger partial charge in [-0.15, -0.1) is 0 Å². The predicted octanol–water partition coefficient (Wildman–Crippen LogP) is 3.85. The zero-order valence-electron chi connectivity index (χ0n) is 16.7. The Morgan fingerprint density at radius 3 is 2.45 bits per heavy atom. The van der Waals surface area contributed by atoms with Gasteiger partial charge in [0.1, 0.15) is 5.75 Å². The van der Waals surface area contributed by atoms with Crippen LogP contribution in [0.3, 0.4) is 0 Å². The zero-order valence-corrected chi connectivity index (χ0v) is 17.5. The Kier molecular flexibility index (Phi) is 5.95. The lowest BCUT2D eigenvalue weighted by molar-refractivity contribution is -0.0498. The predicted molar refractivity (Wildman–Crippen MR) is 108 cm³/mol. The summed E-state index contributed by atoms with van der Waals surface area (Å²) in [6, 6.07) is 4.92. The molecule has 0 atom stereocenters. The summed E-state index contributed by atoms with van der Waals surface area (Å²) in [5, 5.41) is 0. The van der Waals surface area contributed by atoms with Crippen LogP contribution in [-0.4, -0.2) is 56.0 Å². The molecule has 0 amide bonds. The molecule has 0 spiro atoms. The first-order chi connectivity index (χ1) is 13.9. The highest BCUT2D eigenvalue weighted by Gasteiger charge is 2.44. The monoisotopic (exact) mass is 426 g/mol. The highest BCUT2D eigenvalue weighted by Crippen LogP contribution is 2.39. The van der Waals surface area contributed by atoms with E-state index < -0.39 is 16.6 Å². The second kappa shape index (κ2) is 8.32. The van der Waals surface area contributed by atoms with Crippen LogP contribution in [0.1, 0.15) is 50.2 Å². The number of piperidine rings is 1. The van der Waals surface area contributed by atoms with Gasteiger partial charge in [0.2, 0.25) is 10.0 Å². The highest BCUT2D eigenvalue weighted by molar-refractivity contribution is 7.93. The van der Waals surface area contributed by atoms with Crippen molar-refractivity contribution in [1.82, 2.24) is 9.21 Å². The summed E-state index contributed by atoms with van der Waals surface area (Å²) >= 11 is 0. The van der Waals surface area contributed by atoms with Crippen molar-refractivity contribution in [2.24, 2.45) is 0 Å². The maximum Gasteiger partial charge on any atom is 0.387 e. The van der Waals surface area contributed by atoms with E-state index in [1.807, 2.05) is 0 Å². The van der Waals surface area contributed by atoms with Gasteiger partial charge in [0.25, 0.3) is 0 Å². The molecule has 29 heavy (non-hydrogen) atoms. The number of benzene rings is 1. The largest absolute Gasteiger partial charge is 0.435 e. The Balaban J connectivity index is 1.57. The van der Waals surface area contributed by atoms with Gasteiger partial charge in [-0.1, -0.05) is 13.0 Å². The zero-order chi connectivity index (χ0) is 20.6. The first-order valence-electron chi connectivity index (χ1n) is 10.4. The minimum Gasteiger partial charge on any atom is -0.435 e. The summed E-state index contributed by atoms with van der Waals surface area (Å²) in [5.74, 6) is 0.112. The number of allylic oxidation sites excluding steroid dienone is 1. The fraction of sp³-hybridized carbons (Fsp3) is 0.619. The number of hydrogen-bond donors (Lipinski definition) is 0. The van der Waals surface area contributed by atoms with Crippen molar-refractivity contribution >= 4 is 16.1 Å². The third-order valence-electron chi connectivity index (χ3n) is 6.18. The quantitative estimate of drug-likeness (QED) is 0.665. The minimum absolute atomic E-state index is 0.0689. The van der Waals surface area contributed by atoms with Gasteiger partial charge < -0.3 is 9.64 Å². The van der Waals surface area contributed by atoms with E-state index in [0.29, 0.717) is 17.7 Å². The van der Waals surface area contributed by atoms with Crippen molar-refractivity contribution in [2.75, 3.05) is 19.6 Å². The second-order valence-corrected chi connectivity index (χ2v) is 9.98. The Bertz CT molecular complexity index is 876. The smallest absolute Gasteiger partial charge is 0.387 e. The van der Waals surface area contributed by atoms with Crippen LogP contribution in [0.2, 0.25) is 0 Å². The normalized spacial score (nSPS) is 21.3. The molecule has 1 aromatic rings. The standard InChI is InChI=1S/C21H28F2N2O3S/c1-2-24-11-9-18(10-12-24)25(17-5-6-17)29(26,27)20-8-4-15-13-19(28-21(22)23)7-3-16(15)14-20/h3,7,13-14,17-18,21H,2,4-6,8-12H2,1H3. The molecule has 5 nitrogen and oxygen atoms in total. The Morgan fingerprint density at radius 1 is 1.14 bits per heavy atom. The molecular weight excluding hydrogens is 398 g/mol. The summed E-state index contributed by atoms with van der Waals surface area (Å²) in [4.78, 5) is 2.81. The van der Waals surface area contributed by atoms with E-state index >= 15 is 0 Å². The molecule has 1 aromatic carbocycles. The van der Waals surface area contributed by atoms with Gasteiger partial charge in [0, 0.05) is 12.1 Å². The van der Waals surface area contributed by atoms with E-state index in [4.69, 9.17) is 0 Å². The third-order valence-corrected chi connectivity index (χ3v) is 8.31. The van der Waals surface area contributed by atoms with Crippen molar-refractivity contribution in [1.29, 1.82) is 0 Å². The summed E-state index contributed by atoms with van der Waals surface area (Å²) in [7, 11) is -3.53. The molecule has 0 radical (unpaired) electrons. The van der Waals surface area contributed by atoms with Crippen molar-refractivity contribution in [3.8, 4) is 5.75 Å². The maximum absolute atomic E-state index is 13.6. The number of rotatable bonds is 7. The maximum atomic E-state index is 13.6. The van der Waals surface area contributed by atoms with E-state index in [2.05, 4.69) is 16.6 Å². The summed E-state index contributed by atoms with van der Waals surface area (Å²) in [6.45, 7) is 2.15. The van der Waals surface area contributed by atoms with Gasteiger partial charge in [-0.3, -0.25) is 0 Å². The molecule has 1 heterocycles. The fourth-order valence-corrected chi connectivity index (χ4v) is 6.58. The van der Waals surface area contributed by atoms with Crippen molar-refractivity contribution in [3.05, 3.63) is 34.2 Å². The number of halogens is 2. The number of likely N-dealkylation sites (tertiary alicyclic amines) is 1. The van der Waals surface area contributed by atoms with Crippen molar-refractivity contribution in [3.63, 3.8) is 0 Å². The molecule has 1 aliphatic heterocycles. The van der Waals surface area contributed by atoms with Gasteiger partial charge >= 0.3 is 6.61 Å². The summed E-state index contributed by atoms with van der Waals surface area (Å²) in [5.41, 5.74) is 1.62. The molecule has 4 rings (SSSR count). The Hall–Kier alpha value is -1.51. The molecular formula is C21H28F2N2O3S. The molecule has 1 saturated carbocycles. The minimum atomic E-state index is -3.53. The van der Waals surface area contributed by atoms with E-state index in [1.165, 1.54) is 6.07 Å². The van der Waals surface area contributed by atoms with Gasteiger partial charge in [0.05, 0.1) is 4.91 Å². The van der Waals surface area contributed by atoms with E-state index in [-0.39, 0.29) is 17.8 Å². The van der Waals surface area contributed by atoms with Crippen LogP contribution in [0, 0.1) is 0 Å². The molecule has 1 saturated heterocycles. The van der Waals surface area contributed by atoms with Crippen molar-refractivity contribution < 1.29 is 21.9 Å². The van der Waals surface area contributed by atoms with Crippen LogP contribution in [0.25, 0.3) is 6.08 Å². The van der Waals surface area contributed by atoms with Gasteiger partial charge in [-0.2, -0.15) is 13.1 Å². The average molecular weight is 427 g/mol. The molecule has 2 fully saturated rings. The molecule has 160 valence electrons. The molecule has 0 aromatic heterocycles. The average Bonchev–Trinajstić information content (AvgIpc) is 3.52. The lowest BCUT2D eigenvalue weighted by atomic mass is 9.97. The lowest BCUT2D eigenvalue weighted by Gasteiger charge is -2.38. The number of ether oxygens (including phenoxy) is 1. The number of sulfonamides is 1. The van der Waals surface area contributed by atoms with E-state index in [0.717, 1.165) is 56.4 Å². The summed E-state index contributed by atoms with van der Waals surface area (Å²) < 4.78 is 58.3. The molecule has 2 aliphatic carbocycles. The number of fused-ring (bicyclic) bond motifs is 1. The van der Waals surface area contributed by atoms with Crippen LogP contribution >= 0.6 is 0 Å². The number of hydrogen-bond acceptors (Lipinski definition) is 4. The highest BCUT2D eigenvalue weighted by atomic mass is 32.2. The van der Waals surface area contributed by atoms with Crippen LogP contribution in [-0.2, 0) is 16.4 Å². The Morgan fingerprint density at radius 2 is 1.83 bits per heavy atom. The van der Waals surface area contributed by atoms with Crippen molar-refractivity contribution in [2.45, 2.75) is 64.1 Å². The van der Waals surface area contributed by atoms with Gasteiger partial charge in [-0.25, -0.2) is 8.42 Å². The number of nitrogens with zero attached hydrogens (tertiary/aromatic N) is 2. The third kappa shape index (κ3) is 4.49. The molecule has 8 heteroatoms.